The Balaban J connectivity index is 1.96. The summed E-state index contributed by atoms with van der Waals surface area (Å²) in [5.41, 5.74) is 0. The van der Waals surface area contributed by atoms with Crippen LogP contribution < -0.4 is 4.74 Å². The molecule has 164 valence electrons. The molecule has 0 N–H and O–H groups in total. The topological polar surface area (TPSA) is 79.4 Å². The van der Waals surface area contributed by atoms with Crippen molar-refractivity contribution in [3.05, 3.63) is 24.3 Å². The molecule has 1 aromatic carbocycles. The van der Waals surface area contributed by atoms with Gasteiger partial charge in [0.25, 0.3) is 0 Å². The Kier molecular flexibility index (Phi) is 9.35. The standard InChI is InChI=1S/C20H33N3O5S/c1-4-22(5-2)20(24)17-21-11-6-12-23(14-13-21)29(25,26)19-9-7-18(8-10-19)28-16-15-27-3/h7-10H,4-6,11-17H2,1-3H3. The number of rotatable bonds is 10. The largest absolute Gasteiger partial charge is 0.491 e. The number of likely N-dealkylation sites (N-methyl/N-ethyl adjacent to an activating group) is 1. The van der Waals surface area contributed by atoms with Gasteiger partial charge in [-0.3, -0.25) is 9.69 Å². The molecule has 8 nitrogen and oxygen atoms in total. The Morgan fingerprint density at radius 1 is 1.03 bits per heavy atom. The van der Waals surface area contributed by atoms with Crippen LogP contribution in [-0.4, -0.2) is 94.6 Å². The number of methoxy groups -OCH3 is 1. The first-order valence-electron chi connectivity index (χ1n) is 10.1. The van der Waals surface area contributed by atoms with Crippen molar-refractivity contribution in [2.75, 3.05) is 66.1 Å². The number of ether oxygens (including phenoxy) is 2. The fourth-order valence-electron chi connectivity index (χ4n) is 3.31. The molecule has 9 heteroatoms. The van der Waals surface area contributed by atoms with Crippen molar-refractivity contribution in [3.8, 4) is 5.75 Å². The lowest BCUT2D eigenvalue weighted by Crippen LogP contribution is -2.42. The molecule has 0 aliphatic carbocycles. The molecule has 0 bridgehead atoms. The first kappa shape index (κ1) is 23.6. The van der Waals surface area contributed by atoms with Crippen LogP contribution in [0.25, 0.3) is 0 Å². The Labute approximate surface area is 174 Å². The van der Waals surface area contributed by atoms with Gasteiger partial charge in [0.2, 0.25) is 15.9 Å². The first-order chi connectivity index (χ1) is 13.9. The van der Waals surface area contributed by atoms with Gasteiger partial charge in [0.1, 0.15) is 12.4 Å². The molecule has 0 atom stereocenters. The highest BCUT2D eigenvalue weighted by molar-refractivity contribution is 7.89. The minimum Gasteiger partial charge on any atom is -0.491 e. The third-order valence-corrected chi connectivity index (χ3v) is 6.95. The molecule has 1 amide bonds. The Hall–Kier alpha value is -1.68. The molecule has 2 rings (SSSR count). The lowest BCUT2D eigenvalue weighted by Gasteiger charge is -2.25. The summed E-state index contributed by atoms with van der Waals surface area (Å²) in [5, 5.41) is 0. The van der Waals surface area contributed by atoms with Gasteiger partial charge in [-0.05, 0) is 51.1 Å². The summed E-state index contributed by atoms with van der Waals surface area (Å²) in [6.45, 7) is 8.61. The molecular formula is C20H33N3O5S. The number of nitrogens with zero attached hydrogens (tertiary/aromatic N) is 3. The molecule has 1 aromatic rings. The average molecular weight is 428 g/mol. The molecule has 0 spiro atoms. The minimum atomic E-state index is -3.57. The number of hydrogen-bond acceptors (Lipinski definition) is 6. The molecule has 29 heavy (non-hydrogen) atoms. The summed E-state index contributed by atoms with van der Waals surface area (Å²) in [4.78, 5) is 16.4. The van der Waals surface area contributed by atoms with E-state index in [1.807, 2.05) is 18.7 Å². The van der Waals surface area contributed by atoms with Crippen molar-refractivity contribution >= 4 is 15.9 Å². The van der Waals surface area contributed by atoms with Gasteiger partial charge in [-0.15, -0.1) is 0 Å². The minimum absolute atomic E-state index is 0.0929. The second-order valence-electron chi connectivity index (χ2n) is 6.91. The third-order valence-electron chi connectivity index (χ3n) is 5.04. The van der Waals surface area contributed by atoms with Crippen LogP contribution in [0.3, 0.4) is 0 Å². The zero-order chi connectivity index (χ0) is 21.3. The van der Waals surface area contributed by atoms with Crippen molar-refractivity contribution in [2.45, 2.75) is 25.2 Å². The van der Waals surface area contributed by atoms with E-state index in [9.17, 15) is 13.2 Å². The average Bonchev–Trinajstić information content (AvgIpc) is 2.95. The quantitative estimate of drug-likeness (QED) is 0.524. The van der Waals surface area contributed by atoms with Gasteiger partial charge in [-0.1, -0.05) is 0 Å². The smallest absolute Gasteiger partial charge is 0.243 e. The molecule has 0 aromatic heterocycles. The van der Waals surface area contributed by atoms with Crippen molar-refractivity contribution in [2.24, 2.45) is 0 Å². The Morgan fingerprint density at radius 2 is 1.72 bits per heavy atom. The summed E-state index contributed by atoms with van der Waals surface area (Å²) in [7, 11) is -1.98. The van der Waals surface area contributed by atoms with Crippen molar-refractivity contribution in [1.82, 2.24) is 14.1 Å². The highest BCUT2D eigenvalue weighted by Crippen LogP contribution is 2.21. The molecule has 1 saturated heterocycles. The second-order valence-corrected chi connectivity index (χ2v) is 8.85. The lowest BCUT2D eigenvalue weighted by atomic mass is 10.3. The van der Waals surface area contributed by atoms with E-state index in [1.54, 1.807) is 36.3 Å². The van der Waals surface area contributed by atoms with E-state index in [-0.39, 0.29) is 10.8 Å². The molecule has 0 unspecified atom stereocenters. The number of carbonyl (C=O) groups excluding carboxylic acids is 1. The van der Waals surface area contributed by atoms with Gasteiger partial charge >= 0.3 is 0 Å². The summed E-state index contributed by atoms with van der Waals surface area (Å²) in [6.07, 6.45) is 0.697. The maximum atomic E-state index is 13.0. The highest BCUT2D eigenvalue weighted by Gasteiger charge is 2.27. The SMILES string of the molecule is CCN(CC)C(=O)CN1CCCN(S(=O)(=O)c2ccc(OCCOC)cc2)CC1. The maximum absolute atomic E-state index is 13.0. The predicted octanol–water partition coefficient (Wildman–Crippen LogP) is 1.28. The number of hydrogen-bond donors (Lipinski definition) is 0. The normalized spacial score (nSPS) is 16.4. The number of sulfonamides is 1. The van der Waals surface area contributed by atoms with Crippen LogP contribution in [0.4, 0.5) is 0 Å². The van der Waals surface area contributed by atoms with E-state index < -0.39 is 10.0 Å². The summed E-state index contributed by atoms with van der Waals surface area (Å²) < 4.78 is 38.0. The molecule has 1 aliphatic heterocycles. The Bertz CT molecular complexity index is 735. The van der Waals surface area contributed by atoms with Gasteiger partial charge in [0.15, 0.2) is 0 Å². The highest BCUT2D eigenvalue weighted by atomic mass is 32.2. The fraction of sp³-hybridized carbons (Fsp3) is 0.650. The first-order valence-corrected chi connectivity index (χ1v) is 11.6. The van der Waals surface area contributed by atoms with Gasteiger partial charge in [-0.25, -0.2) is 8.42 Å². The van der Waals surface area contributed by atoms with Crippen LogP contribution in [0.2, 0.25) is 0 Å². The Morgan fingerprint density at radius 3 is 2.34 bits per heavy atom. The van der Waals surface area contributed by atoms with Crippen LogP contribution in [-0.2, 0) is 19.6 Å². The van der Waals surface area contributed by atoms with E-state index in [4.69, 9.17) is 9.47 Å². The van der Waals surface area contributed by atoms with Gasteiger partial charge in [0.05, 0.1) is 18.0 Å². The summed E-state index contributed by atoms with van der Waals surface area (Å²) >= 11 is 0. The van der Waals surface area contributed by atoms with Crippen LogP contribution in [0.15, 0.2) is 29.2 Å². The monoisotopic (exact) mass is 427 g/mol. The van der Waals surface area contributed by atoms with E-state index in [0.29, 0.717) is 71.2 Å². The van der Waals surface area contributed by atoms with Crippen molar-refractivity contribution < 1.29 is 22.7 Å². The molecule has 1 heterocycles. The fourth-order valence-corrected chi connectivity index (χ4v) is 4.78. The molecule has 0 saturated carbocycles. The van der Waals surface area contributed by atoms with E-state index in [1.165, 1.54) is 4.31 Å². The molecular weight excluding hydrogens is 394 g/mol. The third kappa shape index (κ3) is 6.67. The van der Waals surface area contributed by atoms with E-state index in [2.05, 4.69) is 0 Å². The number of benzene rings is 1. The van der Waals surface area contributed by atoms with E-state index in [0.717, 1.165) is 0 Å². The predicted molar refractivity (Wildman–Crippen MR) is 112 cm³/mol. The lowest BCUT2D eigenvalue weighted by molar-refractivity contribution is -0.132. The van der Waals surface area contributed by atoms with E-state index >= 15 is 0 Å². The van der Waals surface area contributed by atoms with Crippen molar-refractivity contribution in [3.63, 3.8) is 0 Å². The zero-order valence-corrected chi connectivity index (χ0v) is 18.5. The van der Waals surface area contributed by atoms with Crippen LogP contribution in [0.1, 0.15) is 20.3 Å². The van der Waals surface area contributed by atoms with Crippen LogP contribution in [0.5, 0.6) is 5.75 Å². The molecule has 0 radical (unpaired) electrons. The van der Waals surface area contributed by atoms with Gasteiger partial charge < -0.3 is 14.4 Å². The van der Waals surface area contributed by atoms with Gasteiger partial charge in [0, 0.05) is 39.8 Å². The molecule has 1 fully saturated rings. The second kappa shape index (κ2) is 11.5. The summed E-state index contributed by atoms with van der Waals surface area (Å²) in [5.74, 6) is 0.702. The number of carbonyl (C=O) groups is 1. The molecule has 1 aliphatic rings. The van der Waals surface area contributed by atoms with Gasteiger partial charge in [-0.2, -0.15) is 4.31 Å². The van der Waals surface area contributed by atoms with Crippen LogP contribution >= 0.6 is 0 Å². The number of amides is 1. The zero-order valence-electron chi connectivity index (χ0n) is 17.7. The summed E-state index contributed by atoms with van der Waals surface area (Å²) in [6, 6.07) is 6.47. The maximum Gasteiger partial charge on any atom is 0.243 e. The van der Waals surface area contributed by atoms with Crippen molar-refractivity contribution in [1.29, 1.82) is 0 Å². The van der Waals surface area contributed by atoms with Crippen LogP contribution in [0, 0.1) is 0 Å².